The molecule has 6 nitrogen and oxygen atoms in total. The number of nitro groups is 1. The van der Waals surface area contributed by atoms with Crippen molar-refractivity contribution in [2.45, 2.75) is 13.5 Å². The highest BCUT2D eigenvalue weighted by molar-refractivity contribution is 5.61. The molecule has 0 aliphatic carbocycles. The molecule has 6 heteroatoms. The van der Waals surface area contributed by atoms with Gasteiger partial charge >= 0.3 is 0 Å². The van der Waals surface area contributed by atoms with Crippen LogP contribution in [0.15, 0.2) is 60.7 Å². The fourth-order valence-corrected chi connectivity index (χ4v) is 2.68. The molecule has 0 saturated carbocycles. The van der Waals surface area contributed by atoms with Crippen LogP contribution in [0.3, 0.4) is 0 Å². The molecule has 0 atom stereocenters. The van der Waals surface area contributed by atoms with Crippen molar-refractivity contribution in [1.82, 2.24) is 4.98 Å². The predicted octanol–water partition coefficient (Wildman–Crippen LogP) is 4.59. The maximum atomic E-state index is 10.8. The Hall–Kier alpha value is -3.41. The van der Waals surface area contributed by atoms with E-state index in [4.69, 9.17) is 4.74 Å². The Labute approximate surface area is 151 Å². The fraction of sp³-hybridized carbons (Fsp3) is 0.150. The summed E-state index contributed by atoms with van der Waals surface area (Å²) in [4.78, 5) is 14.9. The summed E-state index contributed by atoms with van der Waals surface area (Å²) in [5.41, 5.74) is 4.81. The van der Waals surface area contributed by atoms with Crippen molar-refractivity contribution >= 4 is 11.4 Å². The third-order valence-electron chi connectivity index (χ3n) is 4.14. The van der Waals surface area contributed by atoms with Gasteiger partial charge < -0.3 is 10.1 Å². The van der Waals surface area contributed by atoms with Gasteiger partial charge in [-0.05, 0) is 36.8 Å². The highest BCUT2D eigenvalue weighted by Gasteiger charge is 2.09. The van der Waals surface area contributed by atoms with Gasteiger partial charge in [-0.25, -0.2) is 4.98 Å². The van der Waals surface area contributed by atoms with Gasteiger partial charge in [0.1, 0.15) is 6.61 Å². The monoisotopic (exact) mass is 349 g/mol. The van der Waals surface area contributed by atoms with Crippen molar-refractivity contribution in [1.29, 1.82) is 0 Å². The Morgan fingerprint density at radius 2 is 1.81 bits per heavy atom. The summed E-state index contributed by atoms with van der Waals surface area (Å²) in [6.45, 7) is 2.44. The van der Waals surface area contributed by atoms with Crippen LogP contribution in [-0.2, 0) is 6.61 Å². The molecule has 132 valence electrons. The number of nitro benzene ring substituents is 1. The van der Waals surface area contributed by atoms with Crippen LogP contribution in [0, 0.1) is 17.0 Å². The van der Waals surface area contributed by atoms with Gasteiger partial charge in [-0.2, -0.15) is 0 Å². The second kappa shape index (κ2) is 7.65. The number of rotatable bonds is 6. The SMILES string of the molecule is CNc1cccc(C)c1COc1cccc(-c2ccc([N+](=O)[O-])cc2)n1. The summed E-state index contributed by atoms with van der Waals surface area (Å²) in [5, 5.41) is 13.9. The summed E-state index contributed by atoms with van der Waals surface area (Å²) >= 11 is 0. The third kappa shape index (κ3) is 3.80. The Morgan fingerprint density at radius 3 is 2.50 bits per heavy atom. The Bertz CT molecular complexity index is 924. The highest BCUT2D eigenvalue weighted by atomic mass is 16.6. The molecule has 0 radical (unpaired) electrons. The van der Waals surface area contributed by atoms with Crippen molar-refractivity contribution in [3.8, 4) is 17.1 Å². The number of non-ortho nitro benzene ring substituents is 1. The predicted molar refractivity (Wildman–Crippen MR) is 101 cm³/mol. The molecule has 1 heterocycles. The smallest absolute Gasteiger partial charge is 0.269 e. The highest BCUT2D eigenvalue weighted by Crippen LogP contribution is 2.24. The van der Waals surface area contributed by atoms with E-state index in [0.29, 0.717) is 18.2 Å². The van der Waals surface area contributed by atoms with Crippen molar-refractivity contribution in [3.63, 3.8) is 0 Å². The molecule has 0 bridgehead atoms. The molecule has 0 aliphatic heterocycles. The topological polar surface area (TPSA) is 77.3 Å². The lowest BCUT2D eigenvalue weighted by molar-refractivity contribution is -0.384. The average molecular weight is 349 g/mol. The van der Waals surface area contributed by atoms with Crippen molar-refractivity contribution in [2.75, 3.05) is 12.4 Å². The molecule has 0 saturated heterocycles. The number of ether oxygens (including phenoxy) is 1. The molecular formula is C20H19N3O3. The van der Waals surface area contributed by atoms with E-state index in [2.05, 4.69) is 10.3 Å². The van der Waals surface area contributed by atoms with Crippen LogP contribution in [0.25, 0.3) is 11.3 Å². The minimum atomic E-state index is -0.418. The van der Waals surface area contributed by atoms with Crippen molar-refractivity contribution in [2.24, 2.45) is 0 Å². The summed E-state index contributed by atoms with van der Waals surface area (Å²) in [6, 6.07) is 17.9. The first-order chi connectivity index (χ1) is 12.6. The molecule has 3 aromatic rings. The van der Waals surface area contributed by atoms with Gasteiger partial charge in [0, 0.05) is 42.1 Å². The first-order valence-electron chi connectivity index (χ1n) is 8.19. The lowest BCUT2D eigenvalue weighted by Crippen LogP contribution is -2.04. The zero-order valence-corrected chi connectivity index (χ0v) is 14.6. The lowest BCUT2D eigenvalue weighted by atomic mass is 10.1. The first kappa shape index (κ1) is 17.4. The summed E-state index contributed by atoms with van der Waals surface area (Å²) in [5.74, 6) is 0.506. The van der Waals surface area contributed by atoms with Crippen molar-refractivity contribution in [3.05, 3.63) is 81.9 Å². The first-order valence-corrected chi connectivity index (χ1v) is 8.19. The minimum absolute atomic E-state index is 0.0558. The Kier molecular flexibility index (Phi) is 5.12. The van der Waals surface area contributed by atoms with Gasteiger partial charge in [0.25, 0.3) is 5.69 Å². The molecule has 1 aromatic heterocycles. The minimum Gasteiger partial charge on any atom is -0.473 e. The summed E-state index contributed by atoms with van der Waals surface area (Å²) in [6.07, 6.45) is 0. The largest absolute Gasteiger partial charge is 0.473 e. The number of hydrogen-bond donors (Lipinski definition) is 1. The Balaban J connectivity index is 1.79. The van der Waals surface area contributed by atoms with Gasteiger partial charge in [-0.3, -0.25) is 10.1 Å². The standard InChI is InChI=1S/C20H19N3O3/c1-14-5-3-7-19(21-2)17(14)13-26-20-8-4-6-18(22-20)15-9-11-16(12-10-15)23(24)25/h3-12,21H,13H2,1-2H3. The molecule has 0 fully saturated rings. The normalized spacial score (nSPS) is 10.4. The van der Waals surface area contributed by atoms with Crippen LogP contribution in [-0.4, -0.2) is 17.0 Å². The van der Waals surface area contributed by atoms with E-state index in [-0.39, 0.29) is 5.69 Å². The molecule has 0 amide bonds. The number of aromatic nitrogens is 1. The molecule has 0 aliphatic rings. The molecular weight excluding hydrogens is 330 g/mol. The lowest BCUT2D eigenvalue weighted by Gasteiger charge is -2.13. The van der Waals surface area contributed by atoms with Gasteiger partial charge in [0.15, 0.2) is 0 Å². The summed E-state index contributed by atoms with van der Waals surface area (Å²) in [7, 11) is 1.88. The molecule has 3 rings (SSSR count). The maximum absolute atomic E-state index is 10.8. The molecule has 0 unspecified atom stereocenters. The number of benzene rings is 2. The fourth-order valence-electron chi connectivity index (χ4n) is 2.68. The van der Waals surface area contributed by atoms with Crippen LogP contribution in [0.4, 0.5) is 11.4 Å². The number of nitrogens with one attached hydrogen (secondary N) is 1. The molecule has 2 aromatic carbocycles. The number of anilines is 1. The van der Waals surface area contributed by atoms with Crippen LogP contribution >= 0.6 is 0 Å². The number of aryl methyl sites for hydroxylation is 1. The second-order valence-electron chi connectivity index (χ2n) is 5.80. The van der Waals surface area contributed by atoms with Gasteiger partial charge in [0.05, 0.1) is 10.6 Å². The van der Waals surface area contributed by atoms with Gasteiger partial charge in [-0.15, -0.1) is 0 Å². The van der Waals surface area contributed by atoms with Gasteiger partial charge in [-0.1, -0.05) is 18.2 Å². The molecule has 1 N–H and O–H groups in total. The van der Waals surface area contributed by atoms with Crippen LogP contribution < -0.4 is 10.1 Å². The molecule has 26 heavy (non-hydrogen) atoms. The zero-order chi connectivity index (χ0) is 18.5. The zero-order valence-electron chi connectivity index (χ0n) is 14.6. The van der Waals surface area contributed by atoms with E-state index < -0.39 is 4.92 Å². The average Bonchev–Trinajstić information content (AvgIpc) is 2.67. The third-order valence-corrected chi connectivity index (χ3v) is 4.14. The number of pyridine rings is 1. The molecule has 0 spiro atoms. The van der Waals surface area contributed by atoms with Crippen LogP contribution in [0.1, 0.15) is 11.1 Å². The van der Waals surface area contributed by atoms with E-state index in [1.807, 2.05) is 44.3 Å². The summed E-state index contributed by atoms with van der Waals surface area (Å²) < 4.78 is 5.88. The van der Waals surface area contributed by atoms with Crippen LogP contribution in [0.2, 0.25) is 0 Å². The quantitative estimate of drug-likeness (QED) is 0.520. The van der Waals surface area contributed by atoms with Crippen LogP contribution in [0.5, 0.6) is 5.88 Å². The van der Waals surface area contributed by atoms with E-state index in [1.54, 1.807) is 18.2 Å². The Morgan fingerprint density at radius 1 is 1.08 bits per heavy atom. The van der Waals surface area contributed by atoms with E-state index >= 15 is 0 Å². The van der Waals surface area contributed by atoms with E-state index in [1.165, 1.54) is 12.1 Å². The van der Waals surface area contributed by atoms with E-state index in [9.17, 15) is 10.1 Å². The maximum Gasteiger partial charge on any atom is 0.269 e. The number of nitrogens with zero attached hydrogens (tertiary/aromatic N) is 2. The number of hydrogen-bond acceptors (Lipinski definition) is 5. The second-order valence-corrected chi connectivity index (χ2v) is 5.80. The van der Waals surface area contributed by atoms with Crippen molar-refractivity contribution < 1.29 is 9.66 Å². The van der Waals surface area contributed by atoms with E-state index in [0.717, 1.165) is 22.4 Å². The van der Waals surface area contributed by atoms with Gasteiger partial charge in [0.2, 0.25) is 5.88 Å².